The highest BCUT2D eigenvalue weighted by Gasteiger charge is 2.54. The lowest BCUT2D eigenvalue weighted by Gasteiger charge is -2.32. The first-order valence-electron chi connectivity index (χ1n) is 8.15. The van der Waals surface area contributed by atoms with Crippen molar-refractivity contribution in [1.82, 2.24) is 4.98 Å². The van der Waals surface area contributed by atoms with E-state index in [4.69, 9.17) is 9.31 Å². The quantitative estimate of drug-likeness (QED) is 0.655. The largest absolute Gasteiger partial charge is 0.525 e. The second-order valence-corrected chi connectivity index (χ2v) is 7.26. The van der Waals surface area contributed by atoms with Crippen molar-refractivity contribution in [3.63, 3.8) is 0 Å². The Labute approximate surface area is 146 Å². The minimum absolute atomic E-state index is 0.0603. The maximum Gasteiger partial charge on any atom is 0.525 e. The average molecular weight is 345 g/mol. The van der Waals surface area contributed by atoms with Gasteiger partial charge in [-0.05, 0) is 39.3 Å². The molecule has 2 aromatic rings. The summed E-state index contributed by atoms with van der Waals surface area (Å²) < 4.78 is 26.2. The van der Waals surface area contributed by atoms with Crippen LogP contribution in [0, 0.1) is 0 Å². The summed E-state index contributed by atoms with van der Waals surface area (Å²) in [5, 5.41) is 10.4. The molecule has 5 nitrogen and oxygen atoms in total. The van der Waals surface area contributed by atoms with E-state index in [-0.39, 0.29) is 12.0 Å². The van der Waals surface area contributed by atoms with Gasteiger partial charge in [-0.2, -0.15) is 0 Å². The van der Waals surface area contributed by atoms with E-state index >= 15 is 0 Å². The van der Waals surface area contributed by atoms with E-state index in [9.17, 15) is 14.3 Å². The molecule has 1 aromatic heterocycles. The standard InChI is InChI=1S/C18H21BFNO4/c1-17(2)18(3,4)25-19(24-17)15(20)13(16(22)23)9-11-10-21-14-8-6-5-7-12(11)14/h5-8,10,21H,9H2,1-4H3,(H,22,23). The molecular weight excluding hydrogens is 324 g/mol. The molecule has 25 heavy (non-hydrogen) atoms. The molecule has 0 amide bonds. The van der Waals surface area contributed by atoms with Crippen molar-refractivity contribution < 1.29 is 23.6 Å². The summed E-state index contributed by atoms with van der Waals surface area (Å²) in [5.74, 6) is -1.32. The van der Waals surface area contributed by atoms with Gasteiger partial charge in [0.05, 0.1) is 16.8 Å². The maximum atomic E-state index is 14.9. The molecule has 1 aliphatic heterocycles. The zero-order valence-corrected chi connectivity index (χ0v) is 14.7. The number of rotatable bonds is 4. The number of aromatic nitrogens is 1. The van der Waals surface area contributed by atoms with E-state index < -0.39 is 30.0 Å². The van der Waals surface area contributed by atoms with Gasteiger partial charge in [0.25, 0.3) is 0 Å². The van der Waals surface area contributed by atoms with Gasteiger partial charge in [0.15, 0.2) is 0 Å². The normalized spacial score (nSPS) is 20.0. The van der Waals surface area contributed by atoms with Gasteiger partial charge >= 0.3 is 13.1 Å². The van der Waals surface area contributed by atoms with Gasteiger partial charge in [0.2, 0.25) is 0 Å². The summed E-state index contributed by atoms with van der Waals surface area (Å²) in [5.41, 5.74) is -1.14. The Morgan fingerprint density at radius 1 is 1.20 bits per heavy atom. The molecule has 3 rings (SSSR count). The first kappa shape index (κ1) is 17.7. The number of carboxylic acid groups (broad SMARTS) is 1. The number of benzene rings is 1. The third kappa shape index (κ3) is 3.09. The van der Waals surface area contributed by atoms with E-state index in [1.807, 2.05) is 24.3 Å². The molecule has 0 atom stereocenters. The number of halogens is 1. The van der Waals surface area contributed by atoms with Crippen LogP contribution >= 0.6 is 0 Å². The van der Waals surface area contributed by atoms with Crippen LogP contribution in [0.1, 0.15) is 33.3 Å². The first-order valence-corrected chi connectivity index (χ1v) is 8.15. The van der Waals surface area contributed by atoms with Crippen LogP contribution in [0.15, 0.2) is 41.8 Å². The Balaban J connectivity index is 1.96. The summed E-state index contributed by atoms with van der Waals surface area (Å²) in [4.78, 5) is 14.7. The predicted molar refractivity (Wildman–Crippen MR) is 93.9 cm³/mol. The van der Waals surface area contributed by atoms with Crippen LogP contribution < -0.4 is 0 Å². The molecule has 2 heterocycles. The molecule has 1 aliphatic rings. The lowest BCUT2D eigenvalue weighted by molar-refractivity contribution is -0.132. The molecule has 2 N–H and O–H groups in total. The average Bonchev–Trinajstić information content (AvgIpc) is 3.02. The summed E-state index contributed by atoms with van der Waals surface area (Å²) in [6, 6.07) is 7.48. The molecule has 132 valence electrons. The van der Waals surface area contributed by atoms with Crippen LogP contribution in [0.5, 0.6) is 0 Å². The number of hydrogen-bond donors (Lipinski definition) is 2. The number of aromatic amines is 1. The fourth-order valence-electron chi connectivity index (χ4n) is 2.82. The van der Waals surface area contributed by atoms with Gasteiger partial charge in [-0.25, -0.2) is 9.18 Å². The highest BCUT2D eigenvalue weighted by atomic mass is 19.1. The van der Waals surface area contributed by atoms with Crippen molar-refractivity contribution in [2.45, 2.75) is 45.3 Å². The summed E-state index contributed by atoms with van der Waals surface area (Å²) >= 11 is 0. The van der Waals surface area contributed by atoms with E-state index in [2.05, 4.69) is 4.98 Å². The number of carboxylic acids is 1. The first-order chi connectivity index (χ1) is 11.6. The highest BCUT2D eigenvalue weighted by Crippen LogP contribution is 2.39. The second-order valence-electron chi connectivity index (χ2n) is 7.26. The zero-order valence-electron chi connectivity index (χ0n) is 14.7. The number of nitrogens with one attached hydrogen (secondary N) is 1. The number of H-pyrrole nitrogens is 1. The van der Waals surface area contributed by atoms with Crippen molar-refractivity contribution in [2.75, 3.05) is 0 Å². The van der Waals surface area contributed by atoms with Gasteiger partial charge in [-0.3, -0.25) is 0 Å². The van der Waals surface area contributed by atoms with Crippen LogP contribution in [0.25, 0.3) is 10.9 Å². The van der Waals surface area contributed by atoms with Gasteiger partial charge < -0.3 is 19.4 Å². The van der Waals surface area contributed by atoms with Crippen LogP contribution in [-0.4, -0.2) is 34.4 Å². The molecule has 1 fully saturated rings. The molecule has 0 bridgehead atoms. The topological polar surface area (TPSA) is 71.6 Å². The van der Waals surface area contributed by atoms with Gasteiger partial charge in [0.1, 0.15) is 5.73 Å². The highest BCUT2D eigenvalue weighted by molar-refractivity contribution is 6.54. The number of fused-ring (bicyclic) bond motifs is 1. The Bertz CT molecular complexity index is 840. The monoisotopic (exact) mass is 345 g/mol. The lowest BCUT2D eigenvalue weighted by atomic mass is 9.83. The third-order valence-electron chi connectivity index (χ3n) is 5.05. The Morgan fingerprint density at radius 2 is 1.80 bits per heavy atom. The molecule has 0 radical (unpaired) electrons. The third-order valence-corrected chi connectivity index (χ3v) is 5.05. The predicted octanol–water partition coefficient (Wildman–Crippen LogP) is 3.65. The number of para-hydroxylation sites is 1. The van der Waals surface area contributed by atoms with Crippen molar-refractivity contribution in [3.05, 3.63) is 47.3 Å². The minimum atomic E-state index is -1.32. The smallest absolute Gasteiger partial charge is 0.478 e. The molecule has 0 saturated carbocycles. The fraction of sp³-hybridized carbons (Fsp3) is 0.389. The zero-order chi connectivity index (χ0) is 18.4. The van der Waals surface area contributed by atoms with Gasteiger partial charge in [-0.1, -0.05) is 18.2 Å². The molecular formula is C18H21BFNO4. The fourth-order valence-corrected chi connectivity index (χ4v) is 2.82. The van der Waals surface area contributed by atoms with Crippen molar-refractivity contribution in [1.29, 1.82) is 0 Å². The molecule has 0 unspecified atom stereocenters. The van der Waals surface area contributed by atoms with Crippen LogP contribution in [0.4, 0.5) is 4.39 Å². The van der Waals surface area contributed by atoms with E-state index in [0.717, 1.165) is 10.9 Å². The van der Waals surface area contributed by atoms with E-state index in [1.54, 1.807) is 33.9 Å². The van der Waals surface area contributed by atoms with Crippen LogP contribution in [0.2, 0.25) is 0 Å². The molecule has 1 saturated heterocycles. The maximum absolute atomic E-state index is 14.9. The minimum Gasteiger partial charge on any atom is -0.478 e. The van der Waals surface area contributed by atoms with Crippen LogP contribution in [-0.2, 0) is 20.5 Å². The number of hydrogen-bond acceptors (Lipinski definition) is 3. The van der Waals surface area contributed by atoms with Crippen molar-refractivity contribution in [3.8, 4) is 0 Å². The van der Waals surface area contributed by atoms with E-state index in [0.29, 0.717) is 5.56 Å². The van der Waals surface area contributed by atoms with Crippen LogP contribution in [0.3, 0.4) is 0 Å². The molecule has 1 aromatic carbocycles. The molecule has 0 spiro atoms. The Morgan fingerprint density at radius 3 is 2.40 bits per heavy atom. The second kappa shape index (κ2) is 6.00. The molecule has 0 aliphatic carbocycles. The number of aliphatic carboxylic acids is 1. The Kier molecular flexibility index (Phi) is 4.25. The number of carbonyl (C=O) groups is 1. The van der Waals surface area contributed by atoms with Crippen molar-refractivity contribution in [2.24, 2.45) is 0 Å². The molecule has 7 heteroatoms. The van der Waals surface area contributed by atoms with E-state index in [1.165, 1.54) is 0 Å². The lowest BCUT2D eigenvalue weighted by Crippen LogP contribution is -2.41. The summed E-state index contributed by atoms with van der Waals surface area (Å²) in [6.45, 7) is 7.17. The van der Waals surface area contributed by atoms with Gasteiger partial charge in [-0.15, -0.1) is 0 Å². The summed E-state index contributed by atoms with van der Waals surface area (Å²) in [7, 11) is -1.32. The SMILES string of the molecule is CC1(C)OB(C(F)=C(Cc2c[nH]c3ccccc23)C(=O)O)OC1(C)C. The summed E-state index contributed by atoms with van der Waals surface area (Å²) in [6.07, 6.45) is 1.64. The van der Waals surface area contributed by atoms with Crippen molar-refractivity contribution >= 4 is 24.0 Å². The van der Waals surface area contributed by atoms with Gasteiger partial charge in [0, 0.05) is 23.5 Å². The Hall–Kier alpha value is -2.12.